The predicted molar refractivity (Wildman–Crippen MR) is 45.7 cm³/mol. The Hall–Kier alpha value is -1.04. The highest BCUT2D eigenvalue weighted by atomic mass is 35.5. The molecule has 2 N–H and O–H groups in total. The van der Waals surface area contributed by atoms with Crippen molar-refractivity contribution < 1.29 is 13.5 Å². The maximum absolute atomic E-state index is 11.8. The first-order valence-corrected chi connectivity index (χ1v) is 3.55. The van der Waals surface area contributed by atoms with E-state index in [0.717, 1.165) is 0 Å². The fourth-order valence-electron chi connectivity index (χ4n) is 0.746. The van der Waals surface area contributed by atoms with Crippen molar-refractivity contribution in [1.29, 1.82) is 0 Å². The Kier molecular flexibility index (Phi) is 2.92. The van der Waals surface area contributed by atoms with Crippen LogP contribution in [0.4, 0.5) is 14.5 Å². The van der Waals surface area contributed by atoms with E-state index in [2.05, 4.69) is 9.72 Å². The van der Waals surface area contributed by atoms with E-state index >= 15 is 0 Å². The summed E-state index contributed by atoms with van der Waals surface area (Å²) in [6.07, 6.45) is 0. The van der Waals surface area contributed by atoms with Gasteiger partial charge in [-0.05, 0) is 11.7 Å². The first kappa shape index (κ1) is 10.0. The number of nitrogens with zero attached hydrogens (tertiary/aromatic N) is 1. The van der Waals surface area contributed by atoms with Gasteiger partial charge >= 0.3 is 6.61 Å². The van der Waals surface area contributed by atoms with E-state index in [4.69, 9.17) is 25.2 Å². The van der Waals surface area contributed by atoms with Gasteiger partial charge in [0.05, 0.1) is 5.69 Å². The Bertz CT molecular complexity index is 300. The molecule has 0 aliphatic heterocycles. The molecule has 0 spiro atoms. The van der Waals surface area contributed by atoms with Gasteiger partial charge in [0.2, 0.25) is 0 Å². The summed E-state index contributed by atoms with van der Waals surface area (Å²) in [5.74, 6) is -0.356. The van der Waals surface area contributed by atoms with E-state index in [-0.39, 0.29) is 22.2 Å². The molecule has 7 heteroatoms. The lowest BCUT2D eigenvalue weighted by Crippen LogP contribution is -2.13. The molecule has 0 saturated carbocycles. The molecule has 0 amide bonds. The van der Waals surface area contributed by atoms with Gasteiger partial charge in [0, 0.05) is 0 Å². The van der Waals surface area contributed by atoms with Gasteiger partial charge in [-0.2, -0.15) is 8.78 Å². The van der Waals surface area contributed by atoms with Crippen LogP contribution in [-0.4, -0.2) is 19.4 Å². The second-order valence-corrected chi connectivity index (χ2v) is 2.49. The number of alkyl halides is 2. The molecule has 2 radical (unpaired) electrons. The summed E-state index contributed by atoms with van der Waals surface area (Å²) in [4.78, 5) is 3.49. The van der Waals surface area contributed by atoms with Crippen LogP contribution >= 0.6 is 11.6 Å². The molecule has 0 fully saturated rings. The molecule has 68 valence electrons. The van der Waals surface area contributed by atoms with E-state index in [1.165, 1.54) is 6.07 Å². The molecular formula is C6H4BClF2N2O. The molecule has 13 heavy (non-hydrogen) atoms. The van der Waals surface area contributed by atoms with Gasteiger partial charge in [-0.25, -0.2) is 4.98 Å². The third-order valence-corrected chi connectivity index (χ3v) is 1.44. The van der Waals surface area contributed by atoms with E-state index in [1.807, 2.05) is 0 Å². The number of pyridine rings is 1. The van der Waals surface area contributed by atoms with Crippen molar-refractivity contribution in [3.05, 3.63) is 11.2 Å². The molecule has 1 aromatic heterocycles. The predicted octanol–water partition coefficient (Wildman–Crippen LogP) is 0.712. The highest BCUT2D eigenvalue weighted by Gasteiger charge is 2.13. The van der Waals surface area contributed by atoms with Crippen LogP contribution in [0, 0.1) is 0 Å². The van der Waals surface area contributed by atoms with Crippen molar-refractivity contribution in [3.8, 4) is 5.75 Å². The number of anilines is 1. The van der Waals surface area contributed by atoms with Gasteiger partial charge in [-0.15, -0.1) is 0 Å². The zero-order valence-corrected chi connectivity index (χ0v) is 7.05. The summed E-state index contributed by atoms with van der Waals surface area (Å²) in [5.41, 5.74) is 5.28. The maximum Gasteiger partial charge on any atom is 0.387 e. The number of rotatable bonds is 2. The number of nitrogens with two attached hydrogens (primary N) is 1. The number of halogens is 3. The normalized spacial score (nSPS) is 10.5. The highest BCUT2D eigenvalue weighted by Crippen LogP contribution is 2.28. The van der Waals surface area contributed by atoms with E-state index in [1.54, 1.807) is 0 Å². The second-order valence-electron chi connectivity index (χ2n) is 2.13. The zero-order valence-electron chi connectivity index (χ0n) is 6.30. The maximum atomic E-state index is 11.8. The largest absolute Gasteiger partial charge is 0.429 e. The molecule has 1 aromatic rings. The number of ether oxygens (including phenoxy) is 1. The Balaban J connectivity index is 3.06. The van der Waals surface area contributed by atoms with Crippen molar-refractivity contribution >= 4 is 30.7 Å². The summed E-state index contributed by atoms with van der Waals surface area (Å²) in [7, 11) is 5.24. The van der Waals surface area contributed by atoms with Crippen LogP contribution in [0.3, 0.4) is 0 Å². The van der Waals surface area contributed by atoms with Crippen LogP contribution < -0.4 is 16.1 Å². The minimum Gasteiger partial charge on any atom is -0.429 e. The fraction of sp³-hybridized carbons (Fsp3) is 0.167. The molecule has 0 bridgehead atoms. The average Bonchev–Trinajstić information content (AvgIpc) is 1.96. The topological polar surface area (TPSA) is 48.1 Å². The summed E-state index contributed by atoms with van der Waals surface area (Å²) in [6.45, 7) is -3.00. The molecule has 0 unspecified atom stereocenters. The number of aromatic nitrogens is 1. The van der Waals surface area contributed by atoms with Gasteiger partial charge in [0.1, 0.15) is 7.85 Å². The highest BCUT2D eigenvalue weighted by molar-refractivity contribution is 6.35. The van der Waals surface area contributed by atoms with Crippen molar-refractivity contribution in [2.24, 2.45) is 0 Å². The van der Waals surface area contributed by atoms with Crippen molar-refractivity contribution in [3.63, 3.8) is 0 Å². The molecule has 0 saturated heterocycles. The third kappa shape index (κ3) is 2.45. The lowest BCUT2D eigenvalue weighted by atomic mass is 10.0. The molecular weight excluding hydrogens is 200 g/mol. The molecule has 1 heterocycles. The van der Waals surface area contributed by atoms with E-state index in [9.17, 15) is 8.78 Å². The lowest BCUT2D eigenvalue weighted by Gasteiger charge is -2.09. The Morgan fingerprint density at radius 1 is 1.62 bits per heavy atom. The van der Waals surface area contributed by atoms with Crippen LogP contribution in [0.2, 0.25) is 5.15 Å². The van der Waals surface area contributed by atoms with Crippen LogP contribution in [-0.2, 0) is 0 Å². The first-order valence-electron chi connectivity index (χ1n) is 3.17. The van der Waals surface area contributed by atoms with Gasteiger partial charge in [0.15, 0.2) is 10.9 Å². The third-order valence-electron chi connectivity index (χ3n) is 1.19. The Morgan fingerprint density at radius 3 is 2.69 bits per heavy atom. The molecule has 1 rings (SSSR count). The molecule has 3 nitrogen and oxygen atoms in total. The first-order chi connectivity index (χ1) is 6.00. The molecule has 0 aliphatic carbocycles. The van der Waals surface area contributed by atoms with Crippen LogP contribution in [0.1, 0.15) is 0 Å². The van der Waals surface area contributed by atoms with Crippen molar-refractivity contribution in [2.75, 3.05) is 5.73 Å². The standard InChI is InChI=1S/C6H4BClF2N2O/c7-3-1-2(11)4(5(8)12-3)13-6(9)10/h1,6H,(H2,11,12). The second kappa shape index (κ2) is 3.78. The lowest BCUT2D eigenvalue weighted by molar-refractivity contribution is -0.0494. The average molecular weight is 204 g/mol. The monoisotopic (exact) mass is 204 g/mol. The Labute approximate surface area is 79.3 Å². The zero-order chi connectivity index (χ0) is 10.0. The summed E-state index contributed by atoms with van der Waals surface area (Å²) in [6, 6.07) is 1.18. The van der Waals surface area contributed by atoms with Gasteiger partial charge < -0.3 is 10.5 Å². The fourth-order valence-corrected chi connectivity index (χ4v) is 0.997. The smallest absolute Gasteiger partial charge is 0.387 e. The van der Waals surface area contributed by atoms with Gasteiger partial charge in [-0.3, -0.25) is 0 Å². The number of hydrogen-bond acceptors (Lipinski definition) is 3. The molecule has 0 atom stereocenters. The molecule has 0 aromatic carbocycles. The molecule has 0 aliphatic rings. The minimum absolute atomic E-state index is 0.0455. The minimum atomic E-state index is -3.00. The van der Waals surface area contributed by atoms with E-state index in [0.29, 0.717) is 0 Å². The van der Waals surface area contributed by atoms with Crippen LogP contribution in [0.15, 0.2) is 6.07 Å². The van der Waals surface area contributed by atoms with Crippen LogP contribution in [0.25, 0.3) is 0 Å². The number of hydrogen-bond donors (Lipinski definition) is 1. The SMILES string of the molecule is [B]c1cc(N)c(OC(F)F)c(Cl)n1. The van der Waals surface area contributed by atoms with Crippen molar-refractivity contribution in [2.45, 2.75) is 6.61 Å². The Morgan fingerprint density at radius 2 is 2.23 bits per heavy atom. The van der Waals surface area contributed by atoms with Gasteiger partial charge in [-0.1, -0.05) is 11.6 Å². The summed E-state index contributed by atoms with van der Waals surface area (Å²) >= 11 is 5.45. The van der Waals surface area contributed by atoms with Crippen molar-refractivity contribution in [1.82, 2.24) is 4.98 Å². The quantitative estimate of drug-likeness (QED) is 0.570. The summed E-state index contributed by atoms with van der Waals surface area (Å²) < 4.78 is 27.6. The van der Waals surface area contributed by atoms with Gasteiger partial charge in [0.25, 0.3) is 0 Å². The van der Waals surface area contributed by atoms with Crippen LogP contribution in [0.5, 0.6) is 5.75 Å². The van der Waals surface area contributed by atoms with E-state index < -0.39 is 6.61 Å². The number of nitrogen functional groups attached to an aromatic ring is 1. The summed E-state index contributed by atoms with van der Waals surface area (Å²) in [5, 5.41) is -0.280.